The van der Waals surface area contributed by atoms with Gasteiger partial charge in [0.25, 0.3) is 0 Å². The highest BCUT2D eigenvalue weighted by Crippen LogP contribution is 2.43. The van der Waals surface area contributed by atoms with Crippen molar-refractivity contribution in [3.63, 3.8) is 0 Å². The third-order valence-electron chi connectivity index (χ3n) is 5.88. The van der Waals surface area contributed by atoms with Gasteiger partial charge in [0, 0.05) is 6.04 Å². The molecule has 3 aliphatic rings. The van der Waals surface area contributed by atoms with E-state index in [1.54, 1.807) is 12.7 Å². The molecule has 2 aliphatic heterocycles. The van der Waals surface area contributed by atoms with Crippen molar-refractivity contribution in [2.75, 3.05) is 11.9 Å². The first kappa shape index (κ1) is 18.2. The number of ether oxygens (including phenoxy) is 3. The molecular weight excluding hydrogens is 362 g/mol. The first-order valence-electron chi connectivity index (χ1n) is 10.1. The van der Waals surface area contributed by atoms with Gasteiger partial charge in [-0.3, -0.25) is 4.57 Å². The molecule has 152 valence electrons. The monoisotopic (exact) mass is 389 g/mol. The standard InChI is InChI=1S/C19H27N5O4/c1-19(2)27-14-12(8-25)26-18(15(14)28-19)24-10-22-13-16(20-9-21-17(13)24)23-11-6-4-3-5-7-11/h9-12,14-15,18,25H,3-8H2,1-2H3,(H,20,21,23)/t12-,14+,15+,18+/m0/s1. The molecule has 3 fully saturated rings. The summed E-state index contributed by atoms with van der Waals surface area (Å²) in [7, 11) is 0. The van der Waals surface area contributed by atoms with E-state index in [0.29, 0.717) is 11.7 Å². The van der Waals surface area contributed by atoms with Gasteiger partial charge in [-0.05, 0) is 26.7 Å². The Morgan fingerprint density at radius 1 is 1.14 bits per heavy atom. The molecule has 2 aromatic heterocycles. The van der Waals surface area contributed by atoms with E-state index in [0.717, 1.165) is 24.2 Å². The van der Waals surface area contributed by atoms with Gasteiger partial charge in [-0.1, -0.05) is 19.3 Å². The zero-order valence-corrected chi connectivity index (χ0v) is 16.2. The second-order valence-corrected chi connectivity index (χ2v) is 8.34. The minimum absolute atomic E-state index is 0.132. The number of aliphatic hydroxyl groups is 1. The van der Waals surface area contributed by atoms with Crippen LogP contribution in [-0.2, 0) is 14.2 Å². The molecule has 28 heavy (non-hydrogen) atoms. The summed E-state index contributed by atoms with van der Waals surface area (Å²) in [6.45, 7) is 3.61. The molecule has 4 heterocycles. The zero-order valence-electron chi connectivity index (χ0n) is 16.2. The van der Waals surface area contributed by atoms with E-state index in [1.165, 1.54) is 19.3 Å². The number of imidazole rings is 1. The molecule has 5 rings (SSSR count). The number of fused-ring (bicyclic) bond motifs is 2. The first-order chi connectivity index (χ1) is 13.6. The summed E-state index contributed by atoms with van der Waals surface area (Å²) in [5.74, 6) is 0.0388. The molecule has 0 unspecified atom stereocenters. The molecule has 0 aromatic carbocycles. The lowest BCUT2D eigenvalue weighted by Gasteiger charge is -2.24. The van der Waals surface area contributed by atoms with Crippen LogP contribution < -0.4 is 5.32 Å². The van der Waals surface area contributed by atoms with Crippen LogP contribution in [0.3, 0.4) is 0 Å². The van der Waals surface area contributed by atoms with E-state index in [-0.39, 0.29) is 18.8 Å². The number of hydrogen-bond donors (Lipinski definition) is 2. The summed E-state index contributed by atoms with van der Waals surface area (Å²) in [5, 5.41) is 13.3. The maximum atomic E-state index is 9.72. The highest BCUT2D eigenvalue weighted by Gasteiger charge is 2.56. The van der Waals surface area contributed by atoms with Gasteiger partial charge in [0.15, 0.2) is 29.0 Å². The lowest BCUT2D eigenvalue weighted by Crippen LogP contribution is -2.31. The predicted molar refractivity (Wildman–Crippen MR) is 101 cm³/mol. The Kier molecular flexibility index (Phi) is 4.50. The largest absolute Gasteiger partial charge is 0.394 e. The Balaban J connectivity index is 1.46. The number of aromatic nitrogens is 4. The van der Waals surface area contributed by atoms with Crippen molar-refractivity contribution in [2.24, 2.45) is 0 Å². The Hall–Kier alpha value is -1.81. The lowest BCUT2D eigenvalue weighted by atomic mass is 9.95. The summed E-state index contributed by atoms with van der Waals surface area (Å²) < 4.78 is 19.9. The van der Waals surface area contributed by atoms with Crippen LogP contribution in [-0.4, -0.2) is 61.4 Å². The molecule has 2 saturated heterocycles. The SMILES string of the molecule is CC1(C)O[C@@H]2[C@H](O1)[C@H](CO)O[C@H]2n1cnc2c(NC3CCCCC3)ncnc21. The van der Waals surface area contributed by atoms with E-state index in [4.69, 9.17) is 14.2 Å². The molecule has 2 aromatic rings. The minimum Gasteiger partial charge on any atom is -0.394 e. The van der Waals surface area contributed by atoms with Gasteiger partial charge in [0.1, 0.15) is 24.6 Å². The molecule has 0 spiro atoms. The third-order valence-corrected chi connectivity index (χ3v) is 5.88. The molecule has 4 atom stereocenters. The smallest absolute Gasteiger partial charge is 0.167 e. The molecule has 9 heteroatoms. The van der Waals surface area contributed by atoms with Gasteiger partial charge < -0.3 is 24.6 Å². The predicted octanol–water partition coefficient (Wildman–Crippen LogP) is 1.98. The third kappa shape index (κ3) is 3.06. The number of nitrogens with one attached hydrogen (secondary N) is 1. The summed E-state index contributed by atoms with van der Waals surface area (Å²) in [5.41, 5.74) is 1.41. The Labute approximate surface area is 163 Å². The van der Waals surface area contributed by atoms with E-state index < -0.39 is 18.1 Å². The van der Waals surface area contributed by atoms with Crippen molar-refractivity contribution in [3.8, 4) is 0 Å². The molecule has 1 aliphatic carbocycles. The summed E-state index contributed by atoms with van der Waals surface area (Å²) in [4.78, 5) is 13.4. The second-order valence-electron chi connectivity index (χ2n) is 8.34. The van der Waals surface area contributed by atoms with Crippen LogP contribution in [0.2, 0.25) is 0 Å². The van der Waals surface area contributed by atoms with Gasteiger partial charge in [0.05, 0.1) is 12.9 Å². The van der Waals surface area contributed by atoms with Crippen molar-refractivity contribution in [3.05, 3.63) is 12.7 Å². The molecule has 1 saturated carbocycles. The van der Waals surface area contributed by atoms with Crippen molar-refractivity contribution in [1.82, 2.24) is 19.5 Å². The maximum absolute atomic E-state index is 9.72. The maximum Gasteiger partial charge on any atom is 0.167 e. The van der Waals surface area contributed by atoms with Gasteiger partial charge in [-0.2, -0.15) is 0 Å². The van der Waals surface area contributed by atoms with Crippen molar-refractivity contribution in [1.29, 1.82) is 0 Å². The molecule has 0 radical (unpaired) electrons. The van der Waals surface area contributed by atoms with Crippen LogP contribution in [0.1, 0.15) is 52.2 Å². The topological polar surface area (TPSA) is 104 Å². The summed E-state index contributed by atoms with van der Waals surface area (Å²) >= 11 is 0. The fraction of sp³-hybridized carbons (Fsp3) is 0.737. The highest BCUT2D eigenvalue weighted by atomic mass is 16.8. The van der Waals surface area contributed by atoms with Crippen LogP contribution in [0.4, 0.5) is 5.82 Å². The molecule has 2 N–H and O–H groups in total. The van der Waals surface area contributed by atoms with Gasteiger partial charge in [-0.25, -0.2) is 15.0 Å². The van der Waals surface area contributed by atoms with Crippen LogP contribution in [0, 0.1) is 0 Å². The Bertz CT molecular complexity index is 850. The second kappa shape index (κ2) is 6.91. The van der Waals surface area contributed by atoms with Crippen LogP contribution >= 0.6 is 0 Å². The average molecular weight is 389 g/mol. The van der Waals surface area contributed by atoms with Crippen LogP contribution in [0.5, 0.6) is 0 Å². The fourth-order valence-electron chi connectivity index (χ4n) is 4.61. The van der Waals surface area contributed by atoms with Crippen LogP contribution in [0.15, 0.2) is 12.7 Å². The van der Waals surface area contributed by atoms with E-state index >= 15 is 0 Å². The van der Waals surface area contributed by atoms with Gasteiger partial charge >= 0.3 is 0 Å². The number of nitrogens with zero attached hydrogens (tertiary/aromatic N) is 4. The quantitative estimate of drug-likeness (QED) is 0.818. The van der Waals surface area contributed by atoms with Crippen molar-refractivity contribution in [2.45, 2.75) is 82.3 Å². The average Bonchev–Trinajstić information content (AvgIpc) is 3.33. The normalized spacial score (nSPS) is 32.7. The molecule has 0 amide bonds. The fourth-order valence-corrected chi connectivity index (χ4v) is 4.61. The Morgan fingerprint density at radius 3 is 2.71 bits per heavy atom. The zero-order chi connectivity index (χ0) is 19.3. The molecular formula is C19H27N5O4. The number of aliphatic hydroxyl groups excluding tert-OH is 1. The first-order valence-corrected chi connectivity index (χ1v) is 10.1. The lowest BCUT2D eigenvalue weighted by molar-refractivity contribution is -0.199. The number of anilines is 1. The van der Waals surface area contributed by atoms with Gasteiger partial charge in [0.2, 0.25) is 0 Å². The van der Waals surface area contributed by atoms with Crippen molar-refractivity contribution >= 4 is 17.0 Å². The minimum atomic E-state index is -0.718. The molecule has 9 nitrogen and oxygen atoms in total. The van der Waals surface area contributed by atoms with Crippen molar-refractivity contribution < 1.29 is 19.3 Å². The van der Waals surface area contributed by atoms with Crippen LogP contribution in [0.25, 0.3) is 11.2 Å². The summed E-state index contributed by atoms with van der Waals surface area (Å²) in [6, 6.07) is 0.426. The number of hydrogen-bond acceptors (Lipinski definition) is 8. The van der Waals surface area contributed by atoms with E-state index in [1.807, 2.05) is 18.4 Å². The highest BCUT2D eigenvalue weighted by molar-refractivity contribution is 5.82. The molecule has 0 bridgehead atoms. The number of rotatable bonds is 4. The summed E-state index contributed by atoms with van der Waals surface area (Å²) in [6.07, 6.45) is 7.78. The Morgan fingerprint density at radius 2 is 1.93 bits per heavy atom. The van der Waals surface area contributed by atoms with Gasteiger partial charge in [-0.15, -0.1) is 0 Å². The van der Waals surface area contributed by atoms with E-state index in [2.05, 4.69) is 20.3 Å². The van der Waals surface area contributed by atoms with E-state index in [9.17, 15) is 5.11 Å².